The monoisotopic (exact) mass is 257 g/mol. The topological polar surface area (TPSA) is 40.5 Å². The molecule has 1 aliphatic rings. The van der Waals surface area contributed by atoms with Crippen LogP contribution >= 0.6 is 11.9 Å². The van der Waals surface area contributed by atoms with Crippen LogP contribution in [0.5, 0.6) is 0 Å². The summed E-state index contributed by atoms with van der Waals surface area (Å²) in [5, 5.41) is 0. The molecule has 0 radical (unpaired) electrons. The lowest BCUT2D eigenvalue weighted by Crippen LogP contribution is -2.22. The number of hydrogen-bond acceptors (Lipinski definition) is 3. The minimum absolute atomic E-state index is 0.461. The second-order valence-electron chi connectivity index (χ2n) is 3.80. The third kappa shape index (κ3) is 3.31. The number of nitrogens with zero attached hydrogens (tertiary/aromatic N) is 1. The molecule has 2 rings (SSSR count). The Kier molecular flexibility index (Phi) is 4.40. The largest absolute Gasteiger partial charge is 0.302 e. The molecule has 1 saturated heterocycles. The highest BCUT2D eigenvalue weighted by molar-refractivity contribution is 7.97. The smallest absolute Gasteiger partial charge is 0.186 e. The van der Waals surface area contributed by atoms with Crippen molar-refractivity contribution in [2.45, 2.75) is 29.1 Å². The summed E-state index contributed by atoms with van der Waals surface area (Å²) in [5.41, 5.74) is 0. The first kappa shape index (κ1) is 12.1. The number of piperidine rings is 1. The van der Waals surface area contributed by atoms with Gasteiger partial charge < -0.3 is 4.55 Å². The van der Waals surface area contributed by atoms with E-state index in [1.807, 2.05) is 12.1 Å². The predicted molar refractivity (Wildman–Crippen MR) is 66.8 cm³/mol. The molecule has 0 saturated carbocycles. The first-order chi connectivity index (χ1) is 7.75. The van der Waals surface area contributed by atoms with Gasteiger partial charge in [-0.25, -0.2) is 8.51 Å². The van der Waals surface area contributed by atoms with Gasteiger partial charge in [0.2, 0.25) is 0 Å². The van der Waals surface area contributed by atoms with Crippen LogP contribution in [0.1, 0.15) is 19.3 Å². The van der Waals surface area contributed by atoms with Crippen LogP contribution in [0.15, 0.2) is 34.1 Å². The van der Waals surface area contributed by atoms with Crippen LogP contribution in [0.3, 0.4) is 0 Å². The molecule has 1 heterocycles. The quantitative estimate of drug-likeness (QED) is 0.668. The van der Waals surface area contributed by atoms with Crippen molar-refractivity contribution in [3.8, 4) is 0 Å². The van der Waals surface area contributed by atoms with Crippen molar-refractivity contribution in [1.29, 1.82) is 0 Å². The molecule has 0 spiro atoms. The van der Waals surface area contributed by atoms with E-state index in [-0.39, 0.29) is 0 Å². The molecule has 88 valence electrons. The van der Waals surface area contributed by atoms with E-state index in [1.165, 1.54) is 19.3 Å². The fourth-order valence-electron chi connectivity index (χ4n) is 1.72. The van der Waals surface area contributed by atoms with Gasteiger partial charge in [0, 0.05) is 18.0 Å². The average molecular weight is 257 g/mol. The van der Waals surface area contributed by atoms with Crippen molar-refractivity contribution in [1.82, 2.24) is 4.31 Å². The third-order valence-corrected chi connectivity index (χ3v) is 4.36. The Morgan fingerprint density at radius 1 is 1.12 bits per heavy atom. The Hall–Kier alpha value is -0.360. The van der Waals surface area contributed by atoms with Gasteiger partial charge in [-0.05, 0) is 49.1 Å². The van der Waals surface area contributed by atoms with Gasteiger partial charge in [-0.1, -0.05) is 6.42 Å². The molecule has 3 nitrogen and oxygen atoms in total. The molecule has 1 N–H and O–H groups in total. The van der Waals surface area contributed by atoms with Gasteiger partial charge in [-0.2, -0.15) is 0 Å². The van der Waals surface area contributed by atoms with Gasteiger partial charge in [0.05, 0.1) is 4.90 Å². The lowest BCUT2D eigenvalue weighted by atomic mass is 10.2. The zero-order chi connectivity index (χ0) is 11.4. The fraction of sp³-hybridized carbons (Fsp3) is 0.455. The standard InChI is InChI=1S/C11H15NO2S2/c13-16(14)11-6-4-10(5-7-11)15-12-8-2-1-3-9-12/h4-7H,1-3,8-9H2,(H,13,14). The van der Waals surface area contributed by atoms with E-state index in [9.17, 15) is 4.21 Å². The van der Waals surface area contributed by atoms with Crippen LogP contribution in [0.4, 0.5) is 0 Å². The number of rotatable bonds is 3. The van der Waals surface area contributed by atoms with E-state index in [4.69, 9.17) is 4.55 Å². The van der Waals surface area contributed by atoms with Gasteiger partial charge in [0.25, 0.3) is 0 Å². The molecular weight excluding hydrogens is 242 g/mol. The highest BCUT2D eigenvalue weighted by atomic mass is 32.2. The maximum Gasteiger partial charge on any atom is 0.186 e. The Bertz CT molecular complexity index is 361. The summed E-state index contributed by atoms with van der Waals surface area (Å²) in [4.78, 5) is 1.60. The van der Waals surface area contributed by atoms with E-state index >= 15 is 0 Å². The normalized spacial score (nSPS) is 19.6. The van der Waals surface area contributed by atoms with Crippen molar-refractivity contribution in [2.24, 2.45) is 0 Å². The Morgan fingerprint density at radius 3 is 2.31 bits per heavy atom. The minimum atomic E-state index is -1.87. The van der Waals surface area contributed by atoms with Gasteiger partial charge in [0.1, 0.15) is 0 Å². The summed E-state index contributed by atoms with van der Waals surface area (Å²) in [6, 6.07) is 7.23. The van der Waals surface area contributed by atoms with Crippen molar-refractivity contribution < 1.29 is 8.76 Å². The highest BCUT2D eigenvalue weighted by Gasteiger charge is 2.11. The second-order valence-corrected chi connectivity index (χ2v) is 5.94. The number of hydrogen-bond donors (Lipinski definition) is 1. The third-order valence-electron chi connectivity index (χ3n) is 2.57. The fourth-order valence-corrected chi connectivity index (χ4v) is 3.09. The van der Waals surface area contributed by atoms with Crippen LogP contribution in [0, 0.1) is 0 Å². The van der Waals surface area contributed by atoms with E-state index in [0.717, 1.165) is 18.0 Å². The molecule has 1 aromatic carbocycles. The maximum absolute atomic E-state index is 10.8. The Labute approximate surface area is 103 Å². The highest BCUT2D eigenvalue weighted by Crippen LogP contribution is 2.26. The molecule has 1 aliphatic heterocycles. The van der Waals surface area contributed by atoms with E-state index < -0.39 is 11.1 Å². The molecule has 0 amide bonds. The van der Waals surface area contributed by atoms with Crippen molar-refractivity contribution in [3.05, 3.63) is 24.3 Å². The molecule has 16 heavy (non-hydrogen) atoms. The first-order valence-corrected chi connectivity index (χ1v) is 7.27. The van der Waals surface area contributed by atoms with Crippen molar-refractivity contribution in [2.75, 3.05) is 13.1 Å². The summed E-state index contributed by atoms with van der Waals surface area (Å²) < 4.78 is 22.0. The van der Waals surface area contributed by atoms with E-state index in [2.05, 4.69) is 4.31 Å². The lowest BCUT2D eigenvalue weighted by Gasteiger charge is -2.24. The summed E-state index contributed by atoms with van der Waals surface area (Å²) in [7, 11) is 0. The summed E-state index contributed by atoms with van der Waals surface area (Å²) in [6.45, 7) is 2.27. The Balaban J connectivity index is 1.96. The Morgan fingerprint density at radius 2 is 1.75 bits per heavy atom. The minimum Gasteiger partial charge on any atom is -0.302 e. The second kappa shape index (κ2) is 5.82. The molecule has 1 fully saturated rings. The van der Waals surface area contributed by atoms with Gasteiger partial charge in [-0.15, -0.1) is 0 Å². The molecule has 0 bridgehead atoms. The van der Waals surface area contributed by atoms with Crippen LogP contribution < -0.4 is 0 Å². The maximum atomic E-state index is 10.8. The molecule has 0 aliphatic carbocycles. The SMILES string of the molecule is O=S(O)c1ccc(SN2CCCCC2)cc1. The first-order valence-electron chi connectivity index (χ1n) is 5.39. The lowest BCUT2D eigenvalue weighted by molar-refractivity contribution is 0.380. The molecule has 0 aromatic heterocycles. The summed E-state index contributed by atoms with van der Waals surface area (Å²) in [6.07, 6.45) is 3.87. The van der Waals surface area contributed by atoms with E-state index in [1.54, 1.807) is 24.1 Å². The van der Waals surface area contributed by atoms with Gasteiger partial charge in [-0.3, -0.25) is 0 Å². The number of benzene rings is 1. The molecule has 1 aromatic rings. The zero-order valence-electron chi connectivity index (χ0n) is 8.96. The molecule has 5 heteroatoms. The zero-order valence-corrected chi connectivity index (χ0v) is 10.6. The molecule has 1 atom stereocenters. The van der Waals surface area contributed by atoms with E-state index in [0.29, 0.717) is 4.90 Å². The van der Waals surface area contributed by atoms with Crippen molar-refractivity contribution in [3.63, 3.8) is 0 Å². The van der Waals surface area contributed by atoms with Crippen LogP contribution in [0.25, 0.3) is 0 Å². The van der Waals surface area contributed by atoms with Crippen LogP contribution in [0.2, 0.25) is 0 Å². The van der Waals surface area contributed by atoms with Crippen molar-refractivity contribution >= 4 is 23.0 Å². The predicted octanol–water partition coefficient (Wildman–Crippen LogP) is 2.76. The van der Waals surface area contributed by atoms with Gasteiger partial charge in [0.15, 0.2) is 11.1 Å². The van der Waals surface area contributed by atoms with Gasteiger partial charge >= 0.3 is 0 Å². The van der Waals surface area contributed by atoms with Crippen LogP contribution in [-0.2, 0) is 11.1 Å². The molecular formula is C11H15NO2S2. The molecule has 1 unspecified atom stereocenters. The summed E-state index contributed by atoms with van der Waals surface area (Å²) in [5.74, 6) is 0. The van der Waals surface area contributed by atoms with Crippen LogP contribution in [-0.4, -0.2) is 26.2 Å². The summed E-state index contributed by atoms with van der Waals surface area (Å²) >= 11 is -0.129. The average Bonchev–Trinajstić information content (AvgIpc) is 2.31.